The Bertz CT molecular complexity index is 336. The van der Waals surface area contributed by atoms with Crippen LogP contribution in [-0.4, -0.2) is 20.1 Å². The van der Waals surface area contributed by atoms with E-state index in [1.807, 2.05) is 0 Å². The van der Waals surface area contributed by atoms with Crippen molar-refractivity contribution in [3.63, 3.8) is 0 Å². The van der Waals surface area contributed by atoms with E-state index in [0.717, 1.165) is 5.56 Å². The first kappa shape index (κ1) is 10.4. The first-order valence-electron chi connectivity index (χ1n) is 4.16. The lowest BCUT2D eigenvalue weighted by molar-refractivity contribution is -0.117. The third-order valence-corrected chi connectivity index (χ3v) is 1.85. The first-order chi connectivity index (χ1) is 6.67. The van der Waals surface area contributed by atoms with Crippen LogP contribution in [0.15, 0.2) is 18.2 Å². The van der Waals surface area contributed by atoms with Crippen LogP contribution in [0.5, 0.6) is 11.5 Å². The Hall–Kier alpha value is -1.71. The quantitative estimate of drug-likeness (QED) is 0.770. The van der Waals surface area contributed by atoms with Crippen LogP contribution in [0.4, 0.5) is 0 Å². The summed E-state index contributed by atoms with van der Waals surface area (Å²) in [7, 11) is 3.11. The van der Waals surface area contributed by atoms with Crippen molar-refractivity contribution in [2.45, 2.75) is 6.42 Å². The molecule has 0 unspecified atom stereocenters. The maximum absolute atomic E-state index is 10.8. The molecule has 4 nitrogen and oxygen atoms in total. The van der Waals surface area contributed by atoms with E-state index in [0.29, 0.717) is 11.5 Å². The highest BCUT2D eigenvalue weighted by molar-refractivity contribution is 5.77. The first-order valence-corrected chi connectivity index (χ1v) is 4.16. The highest BCUT2D eigenvalue weighted by atomic mass is 16.5. The lowest BCUT2D eigenvalue weighted by Gasteiger charge is -2.08. The molecule has 0 aliphatic carbocycles. The van der Waals surface area contributed by atoms with Crippen molar-refractivity contribution in [1.29, 1.82) is 0 Å². The zero-order chi connectivity index (χ0) is 10.6. The summed E-state index contributed by atoms with van der Waals surface area (Å²) in [6.45, 7) is 0. The second-order valence-electron chi connectivity index (χ2n) is 2.82. The van der Waals surface area contributed by atoms with E-state index in [2.05, 4.69) is 0 Å². The predicted molar refractivity (Wildman–Crippen MR) is 52.4 cm³/mol. The monoisotopic (exact) mass is 195 g/mol. The molecule has 0 saturated heterocycles. The Morgan fingerprint density at radius 1 is 1.36 bits per heavy atom. The Morgan fingerprint density at radius 3 is 2.57 bits per heavy atom. The number of rotatable bonds is 4. The smallest absolute Gasteiger partial charge is 0.221 e. The number of ether oxygens (including phenoxy) is 2. The minimum absolute atomic E-state index is 0.153. The van der Waals surface area contributed by atoms with E-state index in [4.69, 9.17) is 15.2 Å². The van der Waals surface area contributed by atoms with Crippen LogP contribution in [0.3, 0.4) is 0 Å². The van der Waals surface area contributed by atoms with E-state index in [1.165, 1.54) is 0 Å². The van der Waals surface area contributed by atoms with E-state index in [9.17, 15) is 4.79 Å². The van der Waals surface area contributed by atoms with Crippen LogP contribution in [0.1, 0.15) is 5.56 Å². The highest BCUT2D eigenvalue weighted by Crippen LogP contribution is 2.23. The van der Waals surface area contributed by atoms with Crippen molar-refractivity contribution >= 4 is 5.91 Å². The number of amides is 1. The molecule has 2 N–H and O–H groups in total. The standard InChI is InChI=1S/C10H13NO3/c1-13-8-3-4-9(14-2)7(5-8)6-10(11)12/h3-5H,6H2,1-2H3,(H2,11,12). The van der Waals surface area contributed by atoms with Gasteiger partial charge in [0, 0.05) is 5.56 Å². The van der Waals surface area contributed by atoms with Gasteiger partial charge >= 0.3 is 0 Å². The number of benzene rings is 1. The molecular weight excluding hydrogens is 182 g/mol. The van der Waals surface area contributed by atoms with Gasteiger partial charge in [-0.15, -0.1) is 0 Å². The molecule has 0 spiro atoms. The van der Waals surface area contributed by atoms with Crippen LogP contribution in [0.25, 0.3) is 0 Å². The summed E-state index contributed by atoms with van der Waals surface area (Å²) in [5.41, 5.74) is 5.84. The van der Waals surface area contributed by atoms with Crippen LogP contribution < -0.4 is 15.2 Å². The molecule has 76 valence electrons. The lowest BCUT2D eigenvalue weighted by atomic mass is 10.1. The number of nitrogens with two attached hydrogens (primary N) is 1. The van der Waals surface area contributed by atoms with Crippen molar-refractivity contribution < 1.29 is 14.3 Å². The van der Waals surface area contributed by atoms with Gasteiger partial charge in [-0.25, -0.2) is 0 Å². The molecule has 0 heterocycles. The Labute approximate surface area is 82.6 Å². The number of carbonyl (C=O) groups is 1. The minimum Gasteiger partial charge on any atom is -0.497 e. The van der Waals surface area contributed by atoms with Gasteiger partial charge in [0.1, 0.15) is 11.5 Å². The third-order valence-electron chi connectivity index (χ3n) is 1.85. The maximum atomic E-state index is 10.8. The normalized spacial score (nSPS) is 9.57. The fourth-order valence-corrected chi connectivity index (χ4v) is 1.21. The van der Waals surface area contributed by atoms with Crippen LogP contribution in [0, 0.1) is 0 Å². The Balaban J connectivity index is 3.01. The van der Waals surface area contributed by atoms with Gasteiger partial charge in [0.25, 0.3) is 0 Å². The van der Waals surface area contributed by atoms with Gasteiger partial charge in [-0.2, -0.15) is 0 Å². The molecule has 0 aliphatic heterocycles. The summed E-state index contributed by atoms with van der Waals surface area (Å²) >= 11 is 0. The number of hydrogen-bond donors (Lipinski definition) is 1. The number of hydrogen-bond acceptors (Lipinski definition) is 3. The van der Waals surface area contributed by atoms with Gasteiger partial charge in [0.05, 0.1) is 20.6 Å². The topological polar surface area (TPSA) is 61.6 Å². The molecule has 1 aromatic rings. The lowest BCUT2D eigenvalue weighted by Crippen LogP contribution is -2.14. The molecule has 1 amide bonds. The molecule has 0 radical (unpaired) electrons. The summed E-state index contributed by atoms with van der Waals surface area (Å²) in [5.74, 6) is 0.934. The Kier molecular flexibility index (Phi) is 3.34. The molecule has 0 fully saturated rings. The van der Waals surface area contributed by atoms with Crippen molar-refractivity contribution in [1.82, 2.24) is 0 Å². The zero-order valence-electron chi connectivity index (χ0n) is 8.24. The van der Waals surface area contributed by atoms with Gasteiger partial charge < -0.3 is 15.2 Å². The largest absolute Gasteiger partial charge is 0.497 e. The van der Waals surface area contributed by atoms with Gasteiger partial charge in [-0.3, -0.25) is 4.79 Å². The fraction of sp³-hybridized carbons (Fsp3) is 0.300. The van der Waals surface area contributed by atoms with Crippen molar-refractivity contribution in [2.75, 3.05) is 14.2 Å². The van der Waals surface area contributed by atoms with E-state index >= 15 is 0 Å². The molecule has 1 aromatic carbocycles. The molecule has 0 bridgehead atoms. The zero-order valence-corrected chi connectivity index (χ0v) is 8.24. The molecule has 0 aromatic heterocycles. The summed E-state index contributed by atoms with van der Waals surface area (Å²) in [6.07, 6.45) is 0.153. The number of carbonyl (C=O) groups excluding carboxylic acids is 1. The minimum atomic E-state index is -0.392. The van der Waals surface area contributed by atoms with Crippen molar-refractivity contribution in [2.24, 2.45) is 5.73 Å². The SMILES string of the molecule is COc1ccc(OC)c(CC(N)=O)c1. The van der Waals surface area contributed by atoms with Gasteiger partial charge in [0.2, 0.25) is 5.91 Å². The van der Waals surface area contributed by atoms with Gasteiger partial charge in [0.15, 0.2) is 0 Å². The fourth-order valence-electron chi connectivity index (χ4n) is 1.21. The number of primary amides is 1. The summed E-state index contributed by atoms with van der Waals surface area (Å²) in [5, 5.41) is 0. The van der Waals surface area contributed by atoms with Crippen molar-refractivity contribution in [3.05, 3.63) is 23.8 Å². The second-order valence-corrected chi connectivity index (χ2v) is 2.82. The molecule has 4 heteroatoms. The Morgan fingerprint density at radius 2 is 2.07 bits per heavy atom. The molecule has 1 rings (SSSR count). The highest BCUT2D eigenvalue weighted by Gasteiger charge is 2.07. The maximum Gasteiger partial charge on any atom is 0.221 e. The number of methoxy groups -OCH3 is 2. The van der Waals surface area contributed by atoms with E-state index < -0.39 is 5.91 Å². The molecule has 14 heavy (non-hydrogen) atoms. The summed E-state index contributed by atoms with van der Waals surface area (Å²) < 4.78 is 10.1. The molecule has 0 atom stereocenters. The predicted octanol–water partition coefficient (Wildman–Crippen LogP) is 0.732. The van der Waals surface area contributed by atoms with Crippen LogP contribution in [0.2, 0.25) is 0 Å². The van der Waals surface area contributed by atoms with Crippen molar-refractivity contribution in [3.8, 4) is 11.5 Å². The molecule has 0 saturated carbocycles. The van der Waals surface area contributed by atoms with Gasteiger partial charge in [-0.05, 0) is 18.2 Å². The average molecular weight is 195 g/mol. The van der Waals surface area contributed by atoms with E-state index in [1.54, 1.807) is 32.4 Å². The van der Waals surface area contributed by atoms with E-state index in [-0.39, 0.29) is 6.42 Å². The second kappa shape index (κ2) is 4.50. The summed E-state index contributed by atoms with van der Waals surface area (Å²) in [6, 6.07) is 5.25. The molecule has 0 aliphatic rings. The molecular formula is C10H13NO3. The summed E-state index contributed by atoms with van der Waals surface area (Å²) in [4.78, 5) is 10.8. The third kappa shape index (κ3) is 2.39. The van der Waals surface area contributed by atoms with Gasteiger partial charge in [-0.1, -0.05) is 0 Å². The average Bonchev–Trinajstić information content (AvgIpc) is 2.16. The van der Waals surface area contributed by atoms with Crippen LogP contribution >= 0.6 is 0 Å². The van der Waals surface area contributed by atoms with Crippen LogP contribution in [-0.2, 0) is 11.2 Å².